The van der Waals surface area contributed by atoms with Crippen molar-refractivity contribution in [3.63, 3.8) is 0 Å². The predicted molar refractivity (Wildman–Crippen MR) is 112 cm³/mol. The highest BCUT2D eigenvalue weighted by atomic mass is 16.6. The molecule has 0 bridgehead atoms. The summed E-state index contributed by atoms with van der Waals surface area (Å²) >= 11 is 0. The molecule has 2 fully saturated rings. The second-order valence-corrected chi connectivity index (χ2v) is 7.71. The number of likely N-dealkylation sites (tertiary alicyclic amines) is 1. The van der Waals surface area contributed by atoms with Gasteiger partial charge in [0.2, 0.25) is 5.91 Å². The Balaban J connectivity index is 1.31. The number of nitrogens with zero attached hydrogens (tertiary/aromatic N) is 1. The van der Waals surface area contributed by atoms with E-state index in [1.807, 2.05) is 30.3 Å². The summed E-state index contributed by atoms with van der Waals surface area (Å²) in [6, 6.07) is 16.0. The minimum absolute atomic E-state index is 0.0986. The molecule has 0 radical (unpaired) electrons. The maximum atomic E-state index is 12.7. The molecule has 0 spiro atoms. The maximum absolute atomic E-state index is 12.7. The molecule has 2 N–H and O–H groups in total. The predicted octanol–water partition coefficient (Wildman–Crippen LogP) is 3.32. The molecule has 1 heterocycles. The average molecular weight is 407 g/mol. The Bertz CT molecular complexity index is 910. The van der Waals surface area contributed by atoms with Gasteiger partial charge in [0.05, 0.1) is 0 Å². The minimum Gasteiger partial charge on any atom is -0.445 e. The quantitative estimate of drug-likeness (QED) is 0.769. The van der Waals surface area contributed by atoms with Crippen molar-refractivity contribution in [3.05, 3.63) is 65.7 Å². The molecule has 1 saturated heterocycles. The zero-order valence-electron chi connectivity index (χ0n) is 16.7. The van der Waals surface area contributed by atoms with Crippen molar-refractivity contribution in [2.75, 3.05) is 11.9 Å². The van der Waals surface area contributed by atoms with Gasteiger partial charge < -0.3 is 15.4 Å². The van der Waals surface area contributed by atoms with Gasteiger partial charge >= 0.3 is 6.09 Å². The largest absolute Gasteiger partial charge is 0.445 e. The molecule has 7 heteroatoms. The van der Waals surface area contributed by atoms with Crippen LogP contribution in [0.5, 0.6) is 0 Å². The number of nitrogens with one attached hydrogen (secondary N) is 2. The molecule has 1 aliphatic carbocycles. The molecule has 1 atom stereocenters. The molecule has 1 saturated carbocycles. The fourth-order valence-corrected chi connectivity index (χ4v) is 3.49. The third kappa shape index (κ3) is 4.97. The van der Waals surface area contributed by atoms with Crippen LogP contribution in [0.25, 0.3) is 0 Å². The first-order valence-corrected chi connectivity index (χ1v) is 10.3. The van der Waals surface area contributed by atoms with Crippen LogP contribution in [0.4, 0.5) is 10.5 Å². The van der Waals surface area contributed by atoms with Crippen LogP contribution in [-0.4, -0.2) is 41.4 Å². The Hall–Kier alpha value is -3.35. The molecule has 1 aliphatic heterocycles. The summed E-state index contributed by atoms with van der Waals surface area (Å²) in [6.07, 6.45) is 2.92. The SMILES string of the molecule is O=C(NC1CC1)c1ccc(NC(=O)C2CCCN2C(=O)OCc2ccccc2)cc1. The average Bonchev–Trinajstić information content (AvgIpc) is 3.44. The third-order valence-electron chi connectivity index (χ3n) is 5.32. The van der Waals surface area contributed by atoms with E-state index in [1.165, 1.54) is 4.90 Å². The monoisotopic (exact) mass is 407 g/mol. The Morgan fingerprint density at radius 3 is 2.40 bits per heavy atom. The van der Waals surface area contributed by atoms with Gasteiger partial charge in [0, 0.05) is 23.8 Å². The van der Waals surface area contributed by atoms with Gasteiger partial charge in [-0.05, 0) is 55.5 Å². The first kappa shape index (κ1) is 19.9. The van der Waals surface area contributed by atoms with Crippen LogP contribution in [0.3, 0.4) is 0 Å². The zero-order valence-corrected chi connectivity index (χ0v) is 16.7. The van der Waals surface area contributed by atoms with Gasteiger partial charge in [-0.15, -0.1) is 0 Å². The molecule has 2 aromatic carbocycles. The minimum atomic E-state index is -0.564. The van der Waals surface area contributed by atoms with E-state index in [1.54, 1.807) is 24.3 Å². The van der Waals surface area contributed by atoms with Crippen molar-refractivity contribution in [2.45, 2.75) is 44.4 Å². The molecule has 2 aliphatic rings. The lowest BCUT2D eigenvalue weighted by molar-refractivity contribution is -0.120. The normalized spacial score (nSPS) is 18.0. The number of benzene rings is 2. The summed E-state index contributed by atoms with van der Waals surface area (Å²) in [5.74, 6) is -0.349. The number of amides is 3. The number of rotatable bonds is 6. The summed E-state index contributed by atoms with van der Waals surface area (Å²) in [5.41, 5.74) is 2.05. The first-order chi connectivity index (χ1) is 14.6. The van der Waals surface area contributed by atoms with E-state index < -0.39 is 12.1 Å². The summed E-state index contributed by atoms with van der Waals surface area (Å²) in [4.78, 5) is 38.8. The molecule has 1 unspecified atom stereocenters. The van der Waals surface area contributed by atoms with Crippen LogP contribution in [-0.2, 0) is 16.1 Å². The van der Waals surface area contributed by atoms with E-state index in [0.29, 0.717) is 30.3 Å². The molecule has 3 amide bonds. The molecule has 7 nitrogen and oxygen atoms in total. The van der Waals surface area contributed by atoms with Crippen LogP contribution in [0.2, 0.25) is 0 Å². The Morgan fingerprint density at radius 1 is 0.967 bits per heavy atom. The third-order valence-corrected chi connectivity index (χ3v) is 5.32. The maximum Gasteiger partial charge on any atom is 0.410 e. The Morgan fingerprint density at radius 2 is 1.70 bits per heavy atom. The standard InChI is InChI=1S/C23H25N3O4/c27-21(24-19-12-13-19)17-8-10-18(11-9-17)25-22(28)20-7-4-14-26(20)23(29)30-15-16-5-2-1-3-6-16/h1-3,5-6,8-11,19-20H,4,7,12-15H2,(H,24,27)(H,25,28). The zero-order chi connectivity index (χ0) is 20.9. The highest BCUT2D eigenvalue weighted by molar-refractivity contribution is 5.98. The van der Waals surface area contributed by atoms with Gasteiger partial charge in [0.1, 0.15) is 12.6 Å². The molecule has 156 valence electrons. The molecule has 0 aromatic heterocycles. The van der Waals surface area contributed by atoms with Crippen molar-refractivity contribution in [1.82, 2.24) is 10.2 Å². The number of hydrogen-bond acceptors (Lipinski definition) is 4. The van der Waals surface area contributed by atoms with Crippen LogP contribution < -0.4 is 10.6 Å². The van der Waals surface area contributed by atoms with Crippen LogP contribution in [0.1, 0.15) is 41.6 Å². The molecular formula is C23H25N3O4. The first-order valence-electron chi connectivity index (χ1n) is 10.3. The van der Waals surface area contributed by atoms with Crippen molar-refractivity contribution in [3.8, 4) is 0 Å². The van der Waals surface area contributed by atoms with Crippen molar-refractivity contribution >= 4 is 23.6 Å². The van der Waals surface area contributed by atoms with Gasteiger partial charge in [-0.2, -0.15) is 0 Å². The van der Waals surface area contributed by atoms with Gasteiger partial charge in [-0.1, -0.05) is 30.3 Å². The summed E-state index contributed by atoms with van der Waals surface area (Å²) in [5, 5.41) is 5.77. The van der Waals surface area contributed by atoms with Crippen LogP contribution >= 0.6 is 0 Å². The van der Waals surface area contributed by atoms with Gasteiger partial charge in [0.15, 0.2) is 0 Å². The van der Waals surface area contributed by atoms with Gasteiger partial charge in [0.25, 0.3) is 5.91 Å². The summed E-state index contributed by atoms with van der Waals surface area (Å²) in [7, 11) is 0. The topological polar surface area (TPSA) is 87.7 Å². The number of anilines is 1. The van der Waals surface area contributed by atoms with E-state index >= 15 is 0 Å². The highest BCUT2D eigenvalue weighted by Crippen LogP contribution is 2.22. The van der Waals surface area contributed by atoms with Gasteiger partial charge in [-0.25, -0.2) is 4.79 Å². The second-order valence-electron chi connectivity index (χ2n) is 7.71. The van der Waals surface area contributed by atoms with Crippen LogP contribution in [0, 0.1) is 0 Å². The van der Waals surface area contributed by atoms with Crippen LogP contribution in [0.15, 0.2) is 54.6 Å². The number of ether oxygens (including phenoxy) is 1. The van der Waals surface area contributed by atoms with E-state index in [0.717, 1.165) is 24.8 Å². The van der Waals surface area contributed by atoms with Crippen molar-refractivity contribution in [1.29, 1.82) is 0 Å². The van der Waals surface area contributed by atoms with E-state index in [4.69, 9.17) is 4.74 Å². The molecule has 2 aromatic rings. The van der Waals surface area contributed by atoms with E-state index in [2.05, 4.69) is 10.6 Å². The Labute approximate surface area is 175 Å². The number of carbonyl (C=O) groups excluding carboxylic acids is 3. The van der Waals surface area contributed by atoms with E-state index in [9.17, 15) is 14.4 Å². The summed E-state index contributed by atoms with van der Waals surface area (Å²) in [6.45, 7) is 0.668. The molecular weight excluding hydrogens is 382 g/mol. The highest BCUT2D eigenvalue weighted by Gasteiger charge is 2.35. The fraction of sp³-hybridized carbons (Fsp3) is 0.348. The Kier molecular flexibility index (Phi) is 5.97. The van der Waals surface area contributed by atoms with Gasteiger partial charge in [-0.3, -0.25) is 14.5 Å². The van der Waals surface area contributed by atoms with E-state index in [-0.39, 0.29) is 18.4 Å². The second kappa shape index (κ2) is 8.98. The lowest BCUT2D eigenvalue weighted by atomic mass is 10.1. The number of carbonyl (C=O) groups is 3. The fourth-order valence-electron chi connectivity index (χ4n) is 3.49. The molecule has 30 heavy (non-hydrogen) atoms. The number of hydrogen-bond donors (Lipinski definition) is 2. The molecule has 4 rings (SSSR count). The van der Waals surface area contributed by atoms with Crippen molar-refractivity contribution < 1.29 is 19.1 Å². The summed E-state index contributed by atoms with van der Waals surface area (Å²) < 4.78 is 5.38. The smallest absolute Gasteiger partial charge is 0.410 e. The lowest BCUT2D eigenvalue weighted by Gasteiger charge is -2.23. The van der Waals surface area contributed by atoms with Crippen molar-refractivity contribution in [2.24, 2.45) is 0 Å². The lowest BCUT2D eigenvalue weighted by Crippen LogP contribution is -2.43.